The lowest BCUT2D eigenvalue weighted by molar-refractivity contribution is 0.0456. The maximum atomic E-state index is 10.4. The fraction of sp³-hybridized carbons (Fsp3) is 0.692. The highest BCUT2D eigenvalue weighted by atomic mass is 32.1. The Labute approximate surface area is 108 Å². The van der Waals surface area contributed by atoms with E-state index >= 15 is 0 Å². The molecule has 0 aliphatic rings. The van der Waals surface area contributed by atoms with Crippen LogP contribution in [0.4, 0.5) is 0 Å². The summed E-state index contributed by atoms with van der Waals surface area (Å²) in [6.07, 6.45) is 0. The summed E-state index contributed by atoms with van der Waals surface area (Å²) in [5.74, 6) is 0.480. The van der Waals surface area contributed by atoms with E-state index in [4.69, 9.17) is 4.74 Å². The largest absolute Gasteiger partial charge is 0.384 e. The fourth-order valence-electron chi connectivity index (χ4n) is 1.67. The fourth-order valence-corrected chi connectivity index (χ4v) is 2.45. The molecule has 2 atom stereocenters. The molecule has 98 valence electrons. The quantitative estimate of drug-likeness (QED) is 0.787. The van der Waals surface area contributed by atoms with Crippen LogP contribution in [0.15, 0.2) is 16.8 Å². The Morgan fingerprint density at radius 2 is 2.24 bits per heavy atom. The first-order valence-electron chi connectivity index (χ1n) is 5.94. The Bertz CT molecular complexity index is 309. The van der Waals surface area contributed by atoms with Gasteiger partial charge in [-0.05, 0) is 35.2 Å². The molecule has 0 saturated carbocycles. The molecule has 0 radical (unpaired) electrons. The minimum absolute atomic E-state index is 0.269. The van der Waals surface area contributed by atoms with Gasteiger partial charge >= 0.3 is 0 Å². The molecule has 0 aliphatic heterocycles. The second-order valence-electron chi connectivity index (χ2n) is 4.97. The Morgan fingerprint density at radius 3 is 2.71 bits per heavy atom. The Morgan fingerprint density at radius 1 is 1.53 bits per heavy atom. The lowest BCUT2D eigenvalue weighted by Crippen LogP contribution is -2.45. The van der Waals surface area contributed by atoms with Crippen LogP contribution in [0.1, 0.15) is 26.3 Å². The van der Waals surface area contributed by atoms with Crippen molar-refractivity contribution in [3.8, 4) is 0 Å². The second kappa shape index (κ2) is 6.50. The Kier molecular flexibility index (Phi) is 5.59. The Balaban J connectivity index is 2.53. The van der Waals surface area contributed by atoms with Crippen molar-refractivity contribution in [2.75, 3.05) is 20.3 Å². The number of hydrogen-bond donors (Lipinski definition) is 2. The van der Waals surface area contributed by atoms with E-state index < -0.39 is 5.60 Å². The van der Waals surface area contributed by atoms with Gasteiger partial charge in [0.1, 0.15) is 0 Å². The van der Waals surface area contributed by atoms with Crippen molar-refractivity contribution in [2.45, 2.75) is 32.4 Å². The predicted molar refractivity (Wildman–Crippen MR) is 72.4 cm³/mol. The van der Waals surface area contributed by atoms with Crippen LogP contribution in [0.25, 0.3) is 0 Å². The van der Waals surface area contributed by atoms with Crippen LogP contribution in [-0.4, -0.2) is 31.4 Å². The third kappa shape index (κ3) is 4.39. The van der Waals surface area contributed by atoms with E-state index in [0.29, 0.717) is 19.1 Å². The van der Waals surface area contributed by atoms with Crippen LogP contribution in [-0.2, 0) is 10.3 Å². The van der Waals surface area contributed by atoms with Gasteiger partial charge in [0.15, 0.2) is 0 Å². The molecule has 0 amide bonds. The zero-order valence-electron chi connectivity index (χ0n) is 11.1. The minimum atomic E-state index is -0.819. The number of ether oxygens (including phenoxy) is 1. The average molecular weight is 257 g/mol. The van der Waals surface area contributed by atoms with Crippen molar-refractivity contribution >= 4 is 11.3 Å². The molecular formula is C13H23NO2S. The number of rotatable bonds is 7. The summed E-state index contributed by atoms with van der Waals surface area (Å²) in [6, 6.07) is 2.23. The monoisotopic (exact) mass is 257 g/mol. The van der Waals surface area contributed by atoms with Crippen molar-refractivity contribution in [2.24, 2.45) is 5.92 Å². The number of nitrogens with one attached hydrogen (secondary N) is 1. The molecule has 0 saturated heterocycles. The van der Waals surface area contributed by atoms with Gasteiger partial charge in [0, 0.05) is 19.7 Å². The molecule has 4 heteroatoms. The highest BCUT2D eigenvalue weighted by Crippen LogP contribution is 2.22. The molecule has 0 spiro atoms. The normalized spacial score (nSPS) is 17.1. The van der Waals surface area contributed by atoms with Gasteiger partial charge in [0.2, 0.25) is 0 Å². The van der Waals surface area contributed by atoms with Crippen LogP contribution < -0.4 is 5.32 Å². The van der Waals surface area contributed by atoms with Crippen LogP contribution >= 0.6 is 11.3 Å². The number of hydrogen-bond acceptors (Lipinski definition) is 4. The average Bonchev–Trinajstić information content (AvgIpc) is 2.77. The van der Waals surface area contributed by atoms with Gasteiger partial charge in [-0.2, -0.15) is 11.3 Å². The zero-order valence-corrected chi connectivity index (χ0v) is 11.9. The molecule has 2 N–H and O–H groups in total. The van der Waals surface area contributed by atoms with E-state index in [0.717, 1.165) is 5.56 Å². The van der Waals surface area contributed by atoms with Crippen LogP contribution in [0.5, 0.6) is 0 Å². The van der Waals surface area contributed by atoms with Gasteiger partial charge in [0.05, 0.1) is 12.2 Å². The molecule has 17 heavy (non-hydrogen) atoms. The van der Waals surface area contributed by atoms with E-state index in [1.165, 1.54) is 0 Å². The van der Waals surface area contributed by atoms with E-state index in [1.807, 2.05) is 23.8 Å². The van der Waals surface area contributed by atoms with Crippen molar-refractivity contribution < 1.29 is 9.84 Å². The van der Waals surface area contributed by atoms with E-state index in [2.05, 4.69) is 19.2 Å². The van der Waals surface area contributed by atoms with Gasteiger partial charge in [0.25, 0.3) is 0 Å². The van der Waals surface area contributed by atoms with Gasteiger partial charge in [-0.25, -0.2) is 0 Å². The molecular weight excluding hydrogens is 234 g/mol. The summed E-state index contributed by atoms with van der Waals surface area (Å²) < 4.78 is 5.18. The molecule has 1 aromatic rings. The maximum absolute atomic E-state index is 10.4. The Hall–Kier alpha value is -0.420. The highest BCUT2D eigenvalue weighted by Gasteiger charge is 2.25. The van der Waals surface area contributed by atoms with Crippen LogP contribution in [0, 0.1) is 5.92 Å². The molecule has 0 bridgehead atoms. The standard InChI is InChI=1S/C13H23NO2S/c1-10(2)12(7-16-4)14-9-13(3,15)11-5-6-17-8-11/h5-6,8,10,12,14-15H,7,9H2,1-4H3. The van der Waals surface area contributed by atoms with E-state index in [1.54, 1.807) is 18.4 Å². The summed E-state index contributed by atoms with van der Waals surface area (Å²) in [7, 11) is 1.70. The third-order valence-corrected chi connectivity index (χ3v) is 3.69. The molecule has 1 heterocycles. The van der Waals surface area contributed by atoms with E-state index in [9.17, 15) is 5.11 Å². The molecule has 3 nitrogen and oxygen atoms in total. The van der Waals surface area contributed by atoms with Crippen LogP contribution in [0.2, 0.25) is 0 Å². The number of thiophene rings is 1. The van der Waals surface area contributed by atoms with Crippen molar-refractivity contribution in [3.63, 3.8) is 0 Å². The summed E-state index contributed by atoms with van der Waals surface area (Å²) in [5.41, 5.74) is 0.149. The first kappa shape index (κ1) is 14.6. The lowest BCUT2D eigenvalue weighted by Gasteiger charge is -2.28. The van der Waals surface area contributed by atoms with E-state index in [-0.39, 0.29) is 6.04 Å². The summed E-state index contributed by atoms with van der Waals surface area (Å²) in [5, 5.41) is 17.7. The molecule has 0 fully saturated rings. The zero-order chi connectivity index (χ0) is 12.9. The van der Waals surface area contributed by atoms with Crippen molar-refractivity contribution in [1.29, 1.82) is 0 Å². The SMILES string of the molecule is COCC(NCC(C)(O)c1ccsc1)C(C)C. The summed E-state index contributed by atoms with van der Waals surface area (Å²) >= 11 is 1.60. The van der Waals surface area contributed by atoms with Gasteiger partial charge in [-0.1, -0.05) is 13.8 Å². The van der Waals surface area contributed by atoms with Crippen molar-refractivity contribution in [3.05, 3.63) is 22.4 Å². The van der Waals surface area contributed by atoms with Gasteiger partial charge < -0.3 is 15.2 Å². The van der Waals surface area contributed by atoms with Crippen molar-refractivity contribution in [1.82, 2.24) is 5.32 Å². The predicted octanol–water partition coefficient (Wildman–Crippen LogP) is 2.22. The second-order valence-corrected chi connectivity index (χ2v) is 5.75. The lowest BCUT2D eigenvalue weighted by atomic mass is 9.97. The van der Waals surface area contributed by atoms with Gasteiger partial charge in [-0.3, -0.25) is 0 Å². The third-order valence-electron chi connectivity index (χ3n) is 3.00. The molecule has 0 aromatic carbocycles. The van der Waals surface area contributed by atoms with Crippen LogP contribution in [0.3, 0.4) is 0 Å². The molecule has 0 aliphatic carbocycles. The highest BCUT2D eigenvalue weighted by molar-refractivity contribution is 7.08. The maximum Gasteiger partial charge on any atom is 0.1000 e. The minimum Gasteiger partial charge on any atom is -0.384 e. The van der Waals surface area contributed by atoms with Gasteiger partial charge in [-0.15, -0.1) is 0 Å². The number of methoxy groups -OCH3 is 1. The molecule has 2 unspecified atom stereocenters. The first-order chi connectivity index (χ1) is 7.97. The smallest absolute Gasteiger partial charge is 0.1000 e. The summed E-state index contributed by atoms with van der Waals surface area (Å²) in [4.78, 5) is 0. The molecule has 1 rings (SSSR count). The molecule has 1 aromatic heterocycles. The summed E-state index contributed by atoms with van der Waals surface area (Å²) in [6.45, 7) is 7.34. The first-order valence-corrected chi connectivity index (χ1v) is 6.89. The topological polar surface area (TPSA) is 41.5 Å². The number of aliphatic hydroxyl groups is 1.